The summed E-state index contributed by atoms with van der Waals surface area (Å²) in [6.45, 7) is 0. The van der Waals surface area contributed by atoms with Crippen LogP contribution >= 0.6 is 11.8 Å². The van der Waals surface area contributed by atoms with E-state index < -0.39 is 28.8 Å². The quantitative estimate of drug-likeness (QED) is 0.424. The molecule has 2 amide bonds. The fraction of sp³-hybridized carbons (Fsp3) is 0.471. The van der Waals surface area contributed by atoms with E-state index in [1.54, 1.807) is 0 Å². The molecule has 0 saturated heterocycles. The Labute approximate surface area is 160 Å². The van der Waals surface area contributed by atoms with E-state index in [0.29, 0.717) is 25.0 Å². The summed E-state index contributed by atoms with van der Waals surface area (Å²) in [5, 5.41) is 25.1. The Morgan fingerprint density at radius 2 is 2.07 bits per heavy atom. The van der Waals surface area contributed by atoms with Gasteiger partial charge in [0.2, 0.25) is 5.91 Å². The first-order chi connectivity index (χ1) is 12.8. The molecule has 0 aliphatic heterocycles. The topological polar surface area (TPSA) is 139 Å². The standard InChI is InChI=1S/C17H21N3O6S/c1-27-6-5-14(16(22)18-12-7-11(8-12)17(23)24)19-15(21)10-3-2-4-13(9-10)20(25)26/h2-4,9,11-12,14H,5-8H2,1H3,(H,18,22)(H,19,21)(H,23,24). The van der Waals surface area contributed by atoms with Gasteiger partial charge in [-0.15, -0.1) is 0 Å². The summed E-state index contributed by atoms with van der Waals surface area (Å²) in [7, 11) is 0. The number of carbonyl (C=O) groups excluding carboxylic acids is 2. The van der Waals surface area contributed by atoms with Crippen LogP contribution in [-0.4, -0.2) is 51.9 Å². The van der Waals surface area contributed by atoms with Gasteiger partial charge in [-0.25, -0.2) is 0 Å². The zero-order chi connectivity index (χ0) is 20.0. The molecule has 0 bridgehead atoms. The molecule has 1 fully saturated rings. The number of nitrogens with zero attached hydrogens (tertiary/aromatic N) is 1. The van der Waals surface area contributed by atoms with Gasteiger partial charge >= 0.3 is 5.97 Å². The second kappa shape index (κ2) is 9.36. The van der Waals surface area contributed by atoms with Crippen LogP contribution < -0.4 is 10.6 Å². The molecule has 1 saturated carbocycles. The molecule has 1 aromatic rings. The van der Waals surface area contributed by atoms with E-state index in [-0.39, 0.29) is 23.2 Å². The van der Waals surface area contributed by atoms with Crippen molar-refractivity contribution < 1.29 is 24.4 Å². The normalized spacial score (nSPS) is 19.4. The Kier molecular flexibility index (Phi) is 7.17. The van der Waals surface area contributed by atoms with Gasteiger partial charge in [-0.05, 0) is 37.3 Å². The number of rotatable bonds is 9. The highest BCUT2D eigenvalue weighted by Crippen LogP contribution is 2.27. The lowest BCUT2D eigenvalue weighted by Crippen LogP contribution is -2.53. The number of hydrogen-bond donors (Lipinski definition) is 3. The molecular formula is C17H21N3O6S. The lowest BCUT2D eigenvalue weighted by Gasteiger charge is -2.34. The average Bonchev–Trinajstić information content (AvgIpc) is 2.60. The van der Waals surface area contributed by atoms with E-state index >= 15 is 0 Å². The van der Waals surface area contributed by atoms with Crippen molar-refractivity contribution in [3.05, 3.63) is 39.9 Å². The Morgan fingerprint density at radius 3 is 2.67 bits per heavy atom. The smallest absolute Gasteiger partial charge is 0.306 e. The summed E-state index contributed by atoms with van der Waals surface area (Å²) in [5.41, 5.74) is -0.109. The van der Waals surface area contributed by atoms with Crippen LogP contribution in [0.2, 0.25) is 0 Å². The molecule has 146 valence electrons. The van der Waals surface area contributed by atoms with Crippen molar-refractivity contribution in [2.24, 2.45) is 5.92 Å². The molecule has 3 N–H and O–H groups in total. The molecule has 1 aliphatic rings. The minimum atomic E-state index is -0.876. The molecule has 2 rings (SSSR count). The van der Waals surface area contributed by atoms with E-state index in [9.17, 15) is 24.5 Å². The van der Waals surface area contributed by atoms with Gasteiger partial charge in [0.1, 0.15) is 6.04 Å². The van der Waals surface area contributed by atoms with Gasteiger partial charge in [0.25, 0.3) is 11.6 Å². The lowest BCUT2D eigenvalue weighted by atomic mass is 9.80. The molecule has 1 atom stereocenters. The van der Waals surface area contributed by atoms with Gasteiger partial charge in [0, 0.05) is 23.7 Å². The molecule has 1 aromatic carbocycles. The number of nitro groups is 1. The highest BCUT2D eigenvalue weighted by Gasteiger charge is 2.36. The van der Waals surface area contributed by atoms with Crippen LogP contribution in [0.25, 0.3) is 0 Å². The predicted octanol–water partition coefficient (Wildman–Crippen LogP) is 1.43. The second-order valence-corrected chi connectivity index (χ2v) is 7.31. The molecule has 1 aliphatic carbocycles. The maximum absolute atomic E-state index is 12.5. The number of hydrogen-bond acceptors (Lipinski definition) is 6. The van der Waals surface area contributed by atoms with Crippen LogP contribution in [-0.2, 0) is 9.59 Å². The number of carboxylic acid groups (broad SMARTS) is 1. The molecule has 10 heteroatoms. The Hall–Kier alpha value is -2.62. The second-order valence-electron chi connectivity index (χ2n) is 6.33. The number of carboxylic acids is 1. The summed E-state index contributed by atoms with van der Waals surface area (Å²) in [5.74, 6) is -1.64. The van der Waals surface area contributed by atoms with Gasteiger partial charge in [-0.2, -0.15) is 11.8 Å². The molecule has 0 aromatic heterocycles. The largest absolute Gasteiger partial charge is 0.481 e. The van der Waals surface area contributed by atoms with Crippen LogP contribution in [0, 0.1) is 16.0 Å². The number of thioether (sulfide) groups is 1. The van der Waals surface area contributed by atoms with Crippen molar-refractivity contribution in [3.63, 3.8) is 0 Å². The summed E-state index contributed by atoms with van der Waals surface area (Å²) < 4.78 is 0. The zero-order valence-corrected chi connectivity index (χ0v) is 15.5. The van der Waals surface area contributed by atoms with E-state index in [0.717, 1.165) is 6.07 Å². The summed E-state index contributed by atoms with van der Waals surface area (Å²) in [6, 6.07) is 4.27. The molecule has 9 nitrogen and oxygen atoms in total. The van der Waals surface area contributed by atoms with Gasteiger partial charge in [-0.1, -0.05) is 6.07 Å². The lowest BCUT2D eigenvalue weighted by molar-refractivity contribution is -0.384. The first kappa shape index (κ1) is 20.7. The first-order valence-electron chi connectivity index (χ1n) is 8.39. The molecule has 0 radical (unpaired) electrons. The van der Waals surface area contributed by atoms with E-state index in [4.69, 9.17) is 5.11 Å². The number of aliphatic carboxylic acids is 1. The zero-order valence-electron chi connectivity index (χ0n) is 14.7. The summed E-state index contributed by atoms with van der Waals surface area (Å²) in [6.07, 6.45) is 3.01. The third kappa shape index (κ3) is 5.68. The van der Waals surface area contributed by atoms with Gasteiger partial charge < -0.3 is 15.7 Å². The Morgan fingerprint density at radius 1 is 1.37 bits per heavy atom. The molecular weight excluding hydrogens is 374 g/mol. The van der Waals surface area contributed by atoms with Crippen molar-refractivity contribution in [3.8, 4) is 0 Å². The SMILES string of the molecule is CSCCC(NC(=O)c1cccc([N+](=O)[O-])c1)C(=O)NC1CC(C(=O)O)C1. The minimum Gasteiger partial charge on any atom is -0.481 e. The van der Waals surface area contributed by atoms with Crippen molar-refractivity contribution in [2.45, 2.75) is 31.3 Å². The summed E-state index contributed by atoms with van der Waals surface area (Å²) in [4.78, 5) is 46.0. The first-order valence-corrected chi connectivity index (χ1v) is 9.78. The van der Waals surface area contributed by atoms with Crippen LogP contribution in [0.3, 0.4) is 0 Å². The van der Waals surface area contributed by atoms with Crippen LogP contribution in [0.5, 0.6) is 0 Å². The van der Waals surface area contributed by atoms with Crippen molar-refractivity contribution in [1.29, 1.82) is 0 Å². The van der Waals surface area contributed by atoms with Crippen LogP contribution in [0.4, 0.5) is 5.69 Å². The molecule has 1 unspecified atom stereocenters. The minimum absolute atomic E-state index is 0.0979. The Bertz CT molecular complexity index is 735. The average molecular weight is 395 g/mol. The fourth-order valence-electron chi connectivity index (χ4n) is 2.75. The number of amides is 2. The molecule has 0 heterocycles. The number of non-ortho nitro benzene ring substituents is 1. The number of nitro benzene ring substituents is 1. The van der Waals surface area contributed by atoms with E-state index in [1.807, 2.05) is 6.26 Å². The third-order valence-electron chi connectivity index (χ3n) is 4.39. The third-order valence-corrected chi connectivity index (χ3v) is 5.03. The van der Waals surface area contributed by atoms with E-state index in [2.05, 4.69) is 10.6 Å². The summed E-state index contributed by atoms with van der Waals surface area (Å²) >= 11 is 1.52. The monoisotopic (exact) mass is 395 g/mol. The number of benzene rings is 1. The molecule has 27 heavy (non-hydrogen) atoms. The van der Waals surface area contributed by atoms with Crippen LogP contribution in [0.15, 0.2) is 24.3 Å². The van der Waals surface area contributed by atoms with E-state index in [1.165, 1.54) is 30.0 Å². The van der Waals surface area contributed by atoms with Gasteiger partial charge in [0.15, 0.2) is 0 Å². The van der Waals surface area contributed by atoms with Crippen molar-refractivity contribution in [1.82, 2.24) is 10.6 Å². The highest BCUT2D eigenvalue weighted by molar-refractivity contribution is 7.98. The number of nitrogens with one attached hydrogen (secondary N) is 2. The molecule has 0 spiro atoms. The van der Waals surface area contributed by atoms with Crippen molar-refractivity contribution in [2.75, 3.05) is 12.0 Å². The van der Waals surface area contributed by atoms with Crippen molar-refractivity contribution >= 4 is 35.2 Å². The maximum atomic E-state index is 12.5. The van der Waals surface area contributed by atoms with Gasteiger partial charge in [0.05, 0.1) is 10.8 Å². The predicted molar refractivity (Wildman–Crippen MR) is 99.6 cm³/mol. The Balaban J connectivity index is 1.99. The van der Waals surface area contributed by atoms with Gasteiger partial charge in [-0.3, -0.25) is 24.5 Å². The number of carbonyl (C=O) groups is 3. The maximum Gasteiger partial charge on any atom is 0.306 e. The fourth-order valence-corrected chi connectivity index (χ4v) is 3.22. The van der Waals surface area contributed by atoms with Crippen LogP contribution in [0.1, 0.15) is 29.6 Å². The highest BCUT2D eigenvalue weighted by atomic mass is 32.2.